The topological polar surface area (TPSA) is 64.6 Å². The Hall–Kier alpha value is -3.60. The summed E-state index contributed by atoms with van der Waals surface area (Å²) in [4.78, 5) is 23.2. The third kappa shape index (κ3) is 3.46. The molecule has 31 heavy (non-hydrogen) atoms. The van der Waals surface area contributed by atoms with Crippen LogP contribution in [0.5, 0.6) is 11.5 Å². The molecule has 0 bridgehead atoms. The van der Waals surface area contributed by atoms with Crippen LogP contribution in [-0.4, -0.2) is 11.9 Å². The molecule has 3 atom stereocenters. The standard InChI is InChI=1S/C26H23NO4/c1-15(28)30-18-11-12-22(24(14-18)31-16(2)29)26-21-9-5-8-20(21)25-19-7-4-3-6-17(19)10-13-23(25)27-26/h3-8,10-14,20-21,26-27H,9H2,1-2H3/t20-,21+,26-/m1/s1. The van der Waals surface area contributed by atoms with E-state index in [1.54, 1.807) is 12.1 Å². The maximum Gasteiger partial charge on any atom is 0.308 e. The van der Waals surface area contributed by atoms with Crippen LogP contribution in [-0.2, 0) is 9.59 Å². The van der Waals surface area contributed by atoms with Gasteiger partial charge in [-0.2, -0.15) is 0 Å². The Kier molecular flexibility index (Phi) is 4.74. The Morgan fingerprint density at radius 2 is 1.77 bits per heavy atom. The first-order valence-corrected chi connectivity index (χ1v) is 10.5. The van der Waals surface area contributed by atoms with Crippen molar-refractivity contribution in [2.45, 2.75) is 32.2 Å². The number of carbonyl (C=O) groups excluding carboxylic acids is 2. The van der Waals surface area contributed by atoms with Crippen molar-refractivity contribution in [3.63, 3.8) is 0 Å². The molecule has 0 spiro atoms. The molecule has 1 N–H and O–H groups in total. The van der Waals surface area contributed by atoms with Crippen LogP contribution in [0.25, 0.3) is 10.8 Å². The number of hydrogen-bond donors (Lipinski definition) is 1. The molecule has 0 radical (unpaired) electrons. The number of ether oxygens (including phenoxy) is 2. The minimum atomic E-state index is -0.418. The number of fused-ring (bicyclic) bond motifs is 5. The molecular weight excluding hydrogens is 390 g/mol. The zero-order valence-corrected chi connectivity index (χ0v) is 17.4. The number of anilines is 1. The molecule has 156 valence electrons. The van der Waals surface area contributed by atoms with E-state index >= 15 is 0 Å². The van der Waals surface area contributed by atoms with Crippen molar-refractivity contribution in [1.29, 1.82) is 0 Å². The lowest BCUT2D eigenvalue weighted by atomic mass is 9.75. The molecular formula is C26H23NO4. The van der Waals surface area contributed by atoms with Gasteiger partial charge in [-0.25, -0.2) is 0 Å². The SMILES string of the molecule is CC(=O)Oc1ccc([C@@H]2Nc3ccc4ccccc4c3[C@@H]3C=CC[C@@H]32)c(OC(C)=O)c1. The smallest absolute Gasteiger partial charge is 0.308 e. The van der Waals surface area contributed by atoms with E-state index in [9.17, 15) is 9.59 Å². The Balaban J connectivity index is 1.61. The summed E-state index contributed by atoms with van der Waals surface area (Å²) in [6, 6.07) is 17.9. The summed E-state index contributed by atoms with van der Waals surface area (Å²) in [7, 11) is 0. The molecule has 1 aliphatic carbocycles. The van der Waals surface area contributed by atoms with Gasteiger partial charge in [0.15, 0.2) is 0 Å². The van der Waals surface area contributed by atoms with E-state index < -0.39 is 11.9 Å². The van der Waals surface area contributed by atoms with Crippen LogP contribution in [0.2, 0.25) is 0 Å². The van der Waals surface area contributed by atoms with Gasteiger partial charge in [0.25, 0.3) is 0 Å². The van der Waals surface area contributed by atoms with Gasteiger partial charge in [-0.05, 0) is 46.9 Å². The highest BCUT2D eigenvalue weighted by Crippen LogP contribution is 2.53. The summed E-state index contributed by atoms with van der Waals surface area (Å²) < 4.78 is 10.7. The minimum absolute atomic E-state index is 0.0469. The second kappa shape index (κ2) is 7.58. The lowest BCUT2D eigenvalue weighted by Gasteiger charge is -2.38. The van der Waals surface area contributed by atoms with E-state index in [1.807, 2.05) is 6.07 Å². The van der Waals surface area contributed by atoms with E-state index in [0.29, 0.717) is 11.5 Å². The molecule has 3 aromatic rings. The molecule has 1 heterocycles. The Bertz CT molecular complexity index is 1230. The van der Waals surface area contributed by atoms with E-state index in [-0.39, 0.29) is 17.9 Å². The third-order valence-corrected chi connectivity index (χ3v) is 6.09. The average molecular weight is 413 g/mol. The second-order valence-electron chi connectivity index (χ2n) is 8.11. The summed E-state index contributed by atoms with van der Waals surface area (Å²) >= 11 is 0. The maximum atomic E-state index is 11.8. The molecule has 1 aliphatic heterocycles. The van der Waals surface area contributed by atoms with Gasteiger partial charge in [0.2, 0.25) is 0 Å². The largest absolute Gasteiger partial charge is 0.427 e. The Labute approximate surface area is 180 Å². The number of carbonyl (C=O) groups is 2. The number of nitrogens with one attached hydrogen (secondary N) is 1. The third-order valence-electron chi connectivity index (χ3n) is 6.09. The fraction of sp³-hybridized carbons (Fsp3) is 0.231. The normalized spacial score (nSPS) is 21.2. The summed E-state index contributed by atoms with van der Waals surface area (Å²) in [5.41, 5.74) is 3.29. The van der Waals surface area contributed by atoms with Crippen LogP contribution in [0.4, 0.5) is 5.69 Å². The monoisotopic (exact) mass is 413 g/mol. The molecule has 0 saturated carbocycles. The van der Waals surface area contributed by atoms with Crippen molar-refractivity contribution in [1.82, 2.24) is 0 Å². The van der Waals surface area contributed by atoms with Gasteiger partial charge in [0.1, 0.15) is 11.5 Å². The van der Waals surface area contributed by atoms with Crippen LogP contribution >= 0.6 is 0 Å². The van der Waals surface area contributed by atoms with E-state index in [4.69, 9.17) is 9.47 Å². The first kappa shape index (κ1) is 19.4. The fourth-order valence-electron chi connectivity index (χ4n) is 4.93. The average Bonchev–Trinajstić information content (AvgIpc) is 3.22. The molecule has 0 aromatic heterocycles. The molecule has 0 fully saturated rings. The van der Waals surface area contributed by atoms with Gasteiger partial charge in [-0.1, -0.05) is 42.5 Å². The molecule has 0 unspecified atom stereocenters. The number of benzene rings is 3. The first-order valence-electron chi connectivity index (χ1n) is 10.5. The molecule has 0 amide bonds. The predicted octanol–water partition coefficient (Wildman–Crippen LogP) is 5.52. The molecule has 3 aromatic carbocycles. The summed E-state index contributed by atoms with van der Waals surface area (Å²) in [6.07, 6.45) is 5.46. The first-order chi connectivity index (χ1) is 15.0. The summed E-state index contributed by atoms with van der Waals surface area (Å²) in [6.45, 7) is 2.72. The highest BCUT2D eigenvalue weighted by atomic mass is 16.5. The van der Waals surface area contributed by atoms with Gasteiger partial charge < -0.3 is 14.8 Å². The van der Waals surface area contributed by atoms with Crippen molar-refractivity contribution < 1.29 is 19.1 Å². The zero-order chi connectivity index (χ0) is 21.5. The number of allylic oxidation sites excluding steroid dienone is 2. The lowest BCUT2D eigenvalue weighted by Crippen LogP contribution is -2.29. The van der Waals surface area contributed by atoms with Crippen molar-refractivity contribution in [3.05, 3.63) is 77.9 Å². The van der Waals surface area contributed by atoms with E-state index in [1.165, 1.54) is 30.2 Å². The number of rotatable bonds is 3. The molecule has 0 saturated heterocycles. The molecule has 5 nitrogen and oxygen atoms in total. The van der Waals surface area contributed by atoms with Gasteiger partial charge in [-0.15, -0.1) is 0 Å². The number of esters is 2. The summed E-state index contributed by atoms with van der Waals surface area (Å²) in [5, 5.41) is 6.20. The Morgan fingerprint density at radius 3 is 2.58 bits per heavy atom. The fourth-order valence-corrected chi connectivity index (χ4v) is 4.93. The van der Waals surface area contributed by atoms with Gasteiger partial charge >= 0.3 is 11.9 Å². The highest BCUT2D eigenvalue weighted by molar-refractivity contribution is 5.92. The lowest BCUT2D eigenvalue weighted by molar-refractivity contribution is -0.132. The van der Waals surface area contributed by atoms with Gasteiger partial charge in [-0.3, -0.25) is 9.59 Å². The second-order valence-corrected chi connectivity index (χ2v) is 8.11. The predicted molar refractivity (Wildman–Crippen MR) is 119 cm³/mol. The van der Waals surface area contributed by atoms with Crippen LogP contribution in [0, 0.1) is 5.92 Å². The van der Waals surface area contributed by atoms with E-state index in [0.717, 1.165) is 17.7 Å². The Morgan fingerprint density at radius 1 is 0.968 bits per heavy atom. The highest BCUT2D eigenvalue weighted by Gasteiger charge is 2.40. The van der Waals surface area contributed by atoms with Crippen molar-refractivity contribution >= 4 is 28.4 Å². The van der Waals surface area contributed by atoms with Crippen LogP contribution in [0.15, 0.2) is 66.7 Å². The van der Waals surface area contributed by atoms with Crippen molar-refractivity contribution in [2.75, 3.05) is 5.32 Å². The molecule has 2 aliphatic rings. The van der Waals surface area contributed by atoms with Crippen molar-refractivity contribution in [3.8, 4) is 11.5 Å². The molecule has 5 rings (SSSR count). The summed E-state index contributed by atoms with van der Waals surface area (Å²) in [5.74, 6) is 0.495. The van der Waals surface area contributed by atoms with E-state index in [2.05, 4.69) is 53.9 Å². The minimum Gasteiger partial charge on any atom is -0.427 e. The number of hydrogen-bond acceptors (Lipinski definition) is 5. The van der Waals surface area contributed by atoms with Crippen LogP contribution in [0.3, 0.4) is 0 Å². The van der Waals surface area contributed by atoms with Crippen LogP contribution in [0.1, 0.15) is 43.4 Å². The molecule has 5 heteroatoms. The van der Waals surface area contributed by atoms with Gasteiger partial charge in [0.05, 0.1) is 6.04 Å². The quantitative estimate of drug-likeness (QED) is 0.348. The zero-order valence-electron chi connectivity index (χ0n) is 17.4. The van der Waals surface area contributed by atoms with Crippen LogP contribution < -0.4 is 14.8 Å². The van der Waals surface area contributed by atoms with Gasteiger partial charge in [0, 0.05) is 37.1 Å². The maximum absolute atomic E-state index is 11.8. The van der Waals surface area contributed by atoms with Crippen molar-refractivity contribution in [2.24, 2.45) is 5.92 Å².